The van der Waals surface area contributed by atoms with Crippen LogP contribution in [0.5, 0.6) is 0 Å². The predicted octanol–water partition coefficient (Wildman–Crippen LogP) is 6.85. The molecule has 0 aliphatic rings. The summed E-state index contributed by atoms with van der Waals surface area (Å²) in [5, 5.41) is 3.51. The Morgan fingerprint density at radius 1 is 0.773 bits per heavy atom. The van der Waals surface area contributed by atoms with Crippen molar-refractivity contribution in [2.45, 2.75) is 0 Å². The van der Waals surface area contributed by atoms with Crippen LogP contribution in [0.2, 0.25) is 10.0 Å². The molecule has 0 saturated carbocycles. The first-order valence-corrected chi connectivity index (χ1v) is 8.35. The van der Waals surface area contributed by atoms with Gasteiger partial charge in [-0.2, -0.15) is 0 Å². The average molecular weight is 391 g/mol. The quantitative estimate of drug-likeness (QED) is 0.313. The molecule has 0 saturated heterocycles. The van der Waals surface area contributed by atoms with Gasteiger partial charge in [0.1, 0.15) is 0 Å². The fourth-order valence-corrected chi connectivity index (χ4v) is 3.76. The zero-order valence-electron chi connectivity index (χ0n) is 11.4. The number of benzene rings is 3. The maximum atomic E-state index is 6.26. The highest BCUT2D eigenvalue weighted by atomic mass is 79.9. The summed E-state index contributed by atoms with van der Waals surface area (Å²) in [5.74, 6) is 0. The molecule has 4 heteroatoms. The molecule has 0 N–H and O–H groups in total. The first-order valence-electron chi connectivity index (χ1n) is 6.80. The van der Waals surface area contributed by atoms with E-state index in [-0.39, 0.29) is 0 Å². The van der Waals surface area contributed by atoms with E-state index in [2.05, 4.69) is 56.9 Å². The van der Waals surface area contributed by atoms with Crippen LogP contribution in [0.1, 0.15) is 0 Å². The number of rotatable bonds is 1. The first kappa shape index (κ1) is 14.1. The Kier molecular flexibility index (Phi) is 3.41. The van der Waals surface area contributed by atoms with E-state index in [4.69, 9.17) is 23.2 Å². The van der Waals surface area contributed by atoms with Gasteiger partial charge in [0.05, 0.1) is 21.1 Å². The first-order chi connectivity index (χ1) is 10.7. The smallest absolute Gasteiger partial charge is 0.0735 e. The van der Waals surface area contributed by atoms with Crippen LogP contribution in [-0.2, 0) is 0 Å². The lowest BCUT2D eigenvalue weighted by molar-refractivity contribution is 1.18. The Morgan fingerprint density at radius 3 is 1.86 bits per heavy atom. The SMILES string of the molecule is Clc1cc(-n2c3ccccc3c3ccccc32)cc(Br)c1Cl. The molecule has 1 heterocycles. The van der Waals surface area contributed by atoms with Gasteiger partial charge >= 0.3 is 0 Å². The van der Waals surface area contributed by atoms with Gasteiger partial charge in [0.15, 0.2) is 0 Å². The van der Waals surface area contributed by atoms with Crippen molar-refractivity contribution >= 4 is 60.9 Å². The van der Waals surface area contributed by atoms with Gasteiger partial charge in [0.25, 0.3) is 0 Å². The van der Waals surface area contributed by atoms with Crippen LogP contribution in [0.15, 0.2) is 65.1 Å². The molecule has 4 rings (SSSR count). The Balaban J connectivity index is 2.17. The molecular weight excluding hydrogens is 381 g/mol. The van der Waals surface area contributed by atoms with Crippen molar-refractivity contribution in [1.29, 1.82) is 0 Å². The van der Waals surface area contributed by atoms with Gasteiger partial charge in [-0.1, -0.05) is 59.6 Å². The standard InChI is InChI=1S/C18H10BrCl2N/c19-14-9-11(10-15(20)18(14)21)22-16-7-3-1-5-12(16)13-6-2-4-8-17(13)22/h1-10H. The molecule has 0 unspecified atom stereocenters. The second-order valence-electron chi connectivity index (χ2n) is 5.09. The van der Waals surface area contributed by atoms with Gasteiger partial charge < -0.3 is 4.57 Å². The monoisotopic (exact) mass is 389 g/mol. The highest BCUT2D eigenvalue weighted by molar-refractivity contribution is 9.10. The predicted molar refractivity (Wildman–Crippen MR) is 98.5 cm³/mol. The van der Waals surface area contributed by atoms with E-state index in [0.717, 1.165) is 21.2 Å². The van der Waals surface area contributed by atoms with Gasteiger partial charge in [-0.3, -0.25) is 0 Å². The number of para-hydroxylation sites is 2. The second kappa shape index (κ2) is 5.31. The summed E-state index contributed by atoms with van der Waals surface area (Å²) < 4.78 is 3.00. The van der Waals surface area contributed by atoms with Gasteiger partial charge in [-0.15, -0.1) is 0 Å². The number of halogens is 3. The number of nitrogens with zero attached hydrogens (tertiary/aromatic N) is 1. The van der Waals surface area contributed by atoms with E-state index < -0.39 is 0 Å². The third kappa shape index (κ3) is 2.06. The van der Waals surface area contributed by atoms with E-state index in [1.165, 1.54) is 10.8 Å². The maximum absolute atomic E-state index is 6.26. The summed E-state index contributed by atoms with van der Waals surface area (Å²) in [4.78, 5) is 0. The second-order valence-corrected chi connectivity index (χ2v) is 6.73. The van der Waals surface area contributed by atoms with Crippen LogP contribution in [0, 0.1) is 0 Å². The minimum absolute atomic E-state index is 0.534. The van der Waals surface area contributed by atoms with Crippen molar-refractivity contribution in [2.75, 3.05) is 0 Å². The lowest BCUT2D eigenvalue weighted by Crippen LogP contribution is -1.94. The maximum Gasteiger partial charge on any atom is 0.0735 e. The molecule has 0 bridgehead atoms. The van der Waals surface area contributed by atoms with Crippen LogP contribution in [0.3, 0.4) is 0 Å². The summed E-state index contributed by atoms with van der Waals surface area (Å²) in [6.45, 7) is 0. The molecule has 3 aromatic carbocycles. The molecule has 0 aliphatic carbocycles. The zero-order chi connectivity index (χ0) is 15.3. The van der Waals surface area contributed by atoms with E-state index in [0.29, 0.717) is 10.0 Å². The molecule has 0 spiro atoms. The van der Waals surface area contributed by atoms with E-state index in [1.807, 2.05) is 24.3 Å². The van der Waals surface area contributed by atoms with Crippen LogP contribution in [0.25, 0.3) is 27.5 Å². The summed E-state index contributed by atoms with van der Waals surface area (Å²) in [7, 11) is 0. The van der Waals surface area contributed by atoms with Crippen LogP contribution in [0.4, 0.5) is 0 Å². The van der Waals surface area contributed by atoms with Crippen LogP contribution >= 0.6 is 39.1 Å². The third-order valence-corrected chi connectivity index (χ3v) is 5.46. The number of fused-ring (bicyclic) bond motifs is 3. The lowest BCUT2D eigenvalue weighted by atomic mass is 10.2. The van der Waals surface area contributed by atoms with Crippen molar-refractivity contribution in [3.8, 4) is 5.69 Å². The van der Waals surface area contributed by atoms with E-state index in [9.17, 15) is 0 Å². The average Bonchev–Trinajstić information content (AvgIpc) is 2.87. The van der Waals surface area contributed by atoms with Crippen molar-refractivity contribution in [3.05, 3.63) is 75.2 Å². The van der Waals surface area contributed by atoms with Crippen molar-refractivity contribution in [1.82, 2.24) is 4.57 Å². The highest BCUT2D eigenvalue weighted by Crippen LogP contribution is 2.37. The van der Waals surface area contributed by atoms with Gasteiger partial charge in [0.2, 0.25) is 0 Å². The largest absolute Gasteiger partial charge is 0.309 e. The fourth-order valence-electron chi connectivity index (χ4n) is 2.87. The molecule has 0 amide bonds. The van der Waals surface area contributed by atoms with Crippen LogP contribution in [-0.4, -0.2) is 4.57 Å². The van der Waals surface area contributed by atoms with E-state index >= 15 is 0 Å². The van der Waals surface area contributed by atoms with Gasteiger partial charge in [0, 0.05) is 20.9 Å². The summed E-state index contributed by atoms with van der Waals surface area (Å²) >= 11 is 15.9. The normalized spacial score (nSPS) is 11.4. The van der Waals surface area contributed by atoms with Crippen molar-refractivity contribution < 1.29 is 0 Å². The minimum atomic E-state index is 0.534. The third-order valence-electron chi connectivity index (χ3n) is 3.81. The molecule has 0 radical (unpaired) electrons. The summed E-state index contributed by atoms with van der Waals surface area (Å²) in [6.07, 6.45) is 0. The zero-order valence-corrected chi connectivity index (χ0v) is 14.5. The molecule has 108 valence electrons. The van der Waals surface area contributed by atoms with Gasteiger partial charge in [-0.05, 0) is 40.2 Å². The molecule has 1 nitrogen and oxygen atoms in total. The molecule has 22 heavy (non-hydrogen) atoms. The molecule has 0 fully saturated rings. The van der Waals surface area contributed by atoms with Gasteiger partial charge in [-0.25, -0.2) is 0 Å². The Hall–Kier alpha value is -1.48. The molecular formula is C18H10BrCl2N. The molecule has 0 atom stereocenters. The number of aromatic nitrogens is 1. The topological polar surface area (TPSA) is 4.93 Å². The Labute approximate surface area is 146 Å². The summed E-state index contributed by atoms with van der Waals surface area (Å²) in [5.41, 5.74) is 3.28. The van der Waals surface area contributed by atoms with E-state index in [1.54, 1.807) is 0 Å². The Morgan fingerprint density at radius 2 is 1.32 bits per heavy atom. The fraction of sp³-hybridized carbons (Fsp3) is 0. The highest BCUT2D eigenvalue weighted by Gasteiger charge is 2.13. The number of hydrogen-bond acceptors (Lipinski definition) is 0. The molecule has 0 aliphatic heterocycles. The van der Waals surface area contributed by atoms with Crippen LogP contribution < -0.4 is 0 Å². The number of hydrogen-bond donors (Lipinski definition) is 0. The molecule has 4 aromatic rings. The van der Waals surface area contributed by atoms with Crippen molar-refractivity contribution in [3.63, 3.8) is 0 Å². The van der Waals surface area contributed by atoms with Crippen molar-refractivity contribution in [2.24, 2.45) is 0 Å². The lowest BCUT2D eigenvalue weighted by Gasteiger charge is -2.10. The summed E-state index contributed by atoms with van der Waals surface area (Å²) in [6, 6.07) is 20.6. The molecule has 1 aromatic heterocycles. The Bertz CT molecular complexity index is 944. The minimum Gasteiger partial charge on any atom is -0.309 e.